The number of aryl methyl sites for hydroxylation is 1. The van der Waals surface area contributed by atoms with Crippen molar-refractivity contribution >= 4 is 21.6 Å². The third-order valence-electron chi connectivity index (χ3n) is 6.48. The number of halogens is 1. The number of rotatable bonds is 6. The van der Waals surface area contributed by atoms with Gasteiger partial charge in [0, 0.05) is 24.2 Å². The average Bonchev–Trinajstić information content (AvgIpc) is 2.79. The number of hydrogen-bond acceptors (Lipinski definition) is 4. The number of carbonyl (C=O) groups excluding carboxylic acids is 1. The number of anilines is 1. The summed E-state index contributed by atoms with van der Waals surface area (Å²) in [6, 6.07) is 11.0. The monoisotopic (exact) mass is 459 g/mol. The largest absolute Gasteiger partial charge is 0.385 e. The molecule has 0 unspecified atom stereocenters. The van der Waals surface area contributed by atoms with Gasteiger partial charge in [-0.25, -0.2) is 17.5 Å². The van der Waals surface area contributed by atoms with Crippen molar-refractivity contribution in [3.63, 3.8) is 0 Å². The number of carbonyl (C=O) groups is 1. The Morgan fingerprint density at radius 2 is 1.81 bits per heavy atom. The molecule has 8 heteroatoms. The highest BCUT2D eigenvalue weighted by atomic mass is 32.2. The molecule has 1 fully saturated rings. The highest BCUT2D eigenvalue weighted by molar-refractivity contribution is 7.89. The van der Waals surface area contributed by atoms with Crippen molar-refractivity contribution in [1.82, 2.24) is 10.0 Å². The molecule has 0 radical (unpaired) electrons. The first-order chi connectivity index (χ1) is 15.3. The molecule has 172 valence electrons. The van der Waals surface area contributed by atoms with E-state index in [1.165, 1.54) is 12.1 Å². The number of amides is 1. The molecule has 0 aromatic heterocycles. The zero-order chi connectivity index (χ0) is 22.7. The maximum atomic E-state index is 13.1. The van der Waals surface area contributed by atoms with Crippen molar-refractivity contribution in [2.24, 2.45) is 5.92 Å². The van der Waals surface area contributed by atoms with E-state index in [9.17, 15) is 17.6 Å². The lowest BCUT2D eigenvalue weighted by atomic mass is 9.85. The Kier molecular flexibility index (Phi) is 6.81. The molecule has 2 aliphatic rings. The molecule has 1 atom stereocenters. The quantitative estimate of drug-likeness (QED) is 0.612. The van der Waals surface area contributed by atoms with Gasteiger partial charge in [0.2, 0.25) is 15.9 Å². The fourth-order valence-electron chi connectivity index (χ4n) is 4.53. The van der Waals surface area contributed by atoms with Crippen molar-refractivity contribution < 1.29 is 17.6 Å². The Morgan fingerprint density at radius 1 is 1.09 bits per heavy atom. The van der Waals surface area contributed by atoms with Crippen LogP contribution in [0.1, 0.15) is 56.2 Å². The van der Waals surface area contributed by atoms with Gasteiger partial charge in [0.05, 0.1) is 10.9 Å². The normalized spacial score (nSPS) is 21.8. The summed E-state index contributed by atoms with van der Waals surface area (Å²) < 4.78 is 41.7. The Morgan fingerprint density at radius 3 is 2.53 bits per heavy atom. The predicted molar refractivity (Wildman–Crippen MR) is 122 cm³/mol. The molecular weight excluding hydrogens is 429 g/mol. The van der Waals surface area contributed by atoms with Crippen molar-refractivity contribution in [1.29, 1.82) is 0 Å². The second-order valence-electron chi connectivity index (χ2n) is 8.80. The number of nitrogens with one attached hydrogen (secondary N) is 3. The van der Waals surface area contributed by atoms with Crippen LogP contribution < -0.4 is 15.4 Å². The first-order valence-electron chi connectivity index (χ1n) is 11.3. The molecule has 32 heavy (non-hydrogen) atoms. The van der Waals surface area contributed by atoms with E-state index in [2.05, 4.69) is 15.4 Å². The number of sulfonamides is 1. The van der Waals surface area contributed by atoms with E-state index in [1.807, 2.05) is 13.0 Å². The maximum absolute atomic E-state index is 13.1. The topological polar surface area (TPSA) is 87.3 Å². The van der Waals surface area contributed by atoms with Crippen molar-refractivity contribution in [3.8, 4) is 0 Å². The van der Waals surface area contributed by atoms with E-state index < -0.39 is 10.0 Å². The molecule has 0 spiro atoms. The fraction of sp³-hybridized carbons (Fsp3) is 0.458. The first-order valence-corrected chi connectivity index (χ1v) is 12.7. The summed E-state index contributed by atoms with van der Waals surface area (Å²) in [5.74, 6) is -0.491. The molecule has 0 bridgehead atoms. The summed E-state index contributed by atoms with van der Waals surface area (Å²) in [5, 5.41) is 6.27. The summed E-state index contributed by atoms with van der Waals surface area (Å²) in [5.41, 5.74) is 2.90. The van der Waals surface area contributed by atoms with Gasteiger partial charge in [-0.3, -0.25) is 4.79 Å². The van der Waals surface area contributed by atoms with Crippen LogP contribution in [0.5, 0.6) is 0 Å². The Labute approximate surface area is 189 Å². The Hall–Kier alpha value is -2.45. The number of fused-ring (bicyclic) bond motifs is 1. The summed E-state index contributed by atoms with van der Waals surface area (Å²) in [6.07, 6.45) is 4.50. The van der Waals surface area contributed by atoms with Crippen LogP contribution in [0.4, 0.5) is 10.1 Å². The minimum absolute atomic E-state index is 0.0381. The van der Waals surface area contributed by atoms with Crippen LogP contribution in [0.2, 0.25) is 0 Å². The summed E-state index contributed by atoms with van der Waals surface area (Å²) in [4.78, 5) is 12.9. The molecule has 4 rings (SSSR count). The smallest absolute Gasteiger partial charge is 0.240 e. The van der Waals surface area contributed by atoms with Crippen LogP contribution >= 0.6 is 0 Å². The Balaban J connectivity index is 1.30. The molecule has 0 saturated heterocycles. The molecule has 1 saturated carbocycles. The van der Waals surface area contributed by atoms with Gasteiger partial charge in [-0.15, -0.1) is 0 Å². The number of hydrogen-bond donors (Lipinski definition) is 3. The van der Waals surface area contributed by atoms with Crippen LogP contribution in [0.3, 0.4) is 0 Å². The van der Waals surface area contributed by atoms with Crippen LogP contribution in [-0.2, 0) is 21.2 Å². The van der Waals surface area contributed by atoms with Gasteiger partial charge in [0.1, 0.15) is 5.82 Å². The fourth-order valence-corrected chi connectivity index (χ4v) is 5.86. The van der Waals surface area contributed by atoms with E-state index in [1.54, 1.807) is 24.3 Å². The molecule has 1 heterocycles. The summed E-state index contributed by atoms with van der Waals surface area (Å²) >= 11 is 0. The molecule has 1 amide bonds. The van der Waals surface area contributed by atoms with Crippen LogP contribution in [0.15, 0.2) is 47.4 Å². The highest BCUT2D eigenvalue weighted by Gasteiger charge is 2.30. The molecule has 2 aromatic rings. The third kappa shape index (κ3) is 5.30. The van der Waals surface area contributed by atoms with E-state index in [0.717, 1.165) is 36.2 Å². The highest BCUT2D eigenvalue weighted by Crippen LogP contribution is 2.28. The van der Waals surface area contributed by atoms with E-state index in [4.69, 9.17) is 0 Å². The SMILES string of the molecule is C[C@@H](NC(=O)[C@H]1CC[C@H](NS(=O)(=O)c2ccc3c(c2)NCCC3)CC1)c1ccc(F)cc1. The van der Waals surface area contributed by atoms with E-state index in [-0.39, 0.29) is 34.6 Å². The minimum Gasteiger partial charge on any atom is -0.385 e. The molecule has 2 aromatic carbocycles. The van der Waals surface area contributed by atoms with Gasteiger partial charge in [-0.1, -0.05) is 18.2 Å². The molecular formula is C24H30FN3O3S. The molecule has 1 aliphatic carbocycles. The van der Waals surface area contributed by atoms with Gasteiger partial charge in [-0.2, -0.15) is 0 Å². The second-order valence-corrected chi connectivity index (χ2v) is 10.5. The predicted octanol–water partition coefficient (Wildman–Crippen LogP) is 3.90. The third-order valence-corrected chi connectivity index (χ3v) is 8.00. The lowest BCUT2D eigenvalue weighted by molar-refractivity contribution is -0.126. The Bertz CT molecular complexity index is 1060. The van der Waals surface area contributed by atoms with E-state index >= 15 is 0 Å². The molecule has 6 nitrogen and oxygen atoms in total. The van der Waals surface area contributed by atoms with Gasteiger partial charge in [-0.05, 0) is 80.8 Å². The van der Waals surface area contributed by atoms with Crippen molar-refractivity contribution in [2.45, 2.75) is 62.4 Å². The molecule has 3 N–H and O–H groups in total. The maximum Gasteiger partial charge on any atom is 0.240 e. The van der Waals surface area contributed by atoms with Gasteiger partial charge in [0.15, 0.2) is 0 Å². The van der Waals surface area contributed by atoms with Crippen LogP contribution in [-0.4, -0.2) is 26.9 Å². The van der Waals surface area contributed by atoms with Crippen molar-refractivity contribution in [3.05, 3.63) is 59.4 Å². The minimum atomic E-state index is -3.61. The zero-order valence-electron chi connectivity index (χ0n) is 18.2. The summed E-state index contributed by atoms with van der Waals surface area (Å²) in [6.45, 7) is 2.73. The molecule has 1 aliphatic heterocycles. The lowest BCUT2D eigenvalue weighted by Gasteiger charge is -2.29. The van der Waals surface area contributed by atoms with Crippen LogP contribution in [0, 0.1) is 11.7 Å². The van der Waals surface area contributed by atoms with Gasteiger partial charge in [0.25, 0.3) is 0 Å². The zero-order valence-corrected chi connectivity index (χ0v) is 19.1. The van der Waals surface area contributed by atoms with Crippen LogP contribution in [0.25, 0.3) is 0 Å². The summed E-state index contributed by atoms with van der Waals surface area (Å²) in [7, 11) is -3.61. The van der Waals surface area contributed by atoms with Gasteiger partial charge >= 0.3 is 0 Å². The van der Waals surface area contributed by atoms with Gasteiger partial charge < -0.3 is 10.6 Å². The average molecular weight is 460 g/mol. The lowest BCUT2D eigenvalue weighted by Crippen LogP contribution is -2.41. The second kappa shape index (κ2) is 9.58. The first kappa shape index (κ1) is 22.7. The standard InChI is InChI=1S/C24H30FN3O3S/c1-16(17-4-9-20(25)10-5-17)27-24(29)19-6-11-21(12-7-19)28-32(30,31)22-13-8-18-3-2-14-26-23(18)15-22/h4-5,8-10,13,15-16,19,21,26,28H,2-3,6-7,11-12,14H2,1H3,(H,27,29)/t16-,19-,21-/m1/s1. The van der Waals surface area contributed by atoms with Crippen molar-refractivity contribution in [2.75, 3.05) is 11.9 Å². The van der Waals surface area contributed by atoms with E-state index in [0.29, 0.717) is 25.7 Å². The number of benzene rings is 2.